The fourth-order valence-corrected chi connectivity index (χ4v) is 10.5. The van der Waals surface area contributed by atoms with E-state index in [0.717, 1.165) is 62.2 Å². The highest BCUT2D eigenvalue weighted by Gasteiger charge is 2.84. The standard InChI is InChI=1S/C27H38N4O4/c1-29-14-24-10-9-19-26-16-5-3-4-6-20(32)27(19,35)21(22(33)34)18(26)13-17(8-7-16)25(24,26)15-31(12-11-24)23(28)30-2/h9-10,16-17,19,29,35H,3-8,11-15H2,1-2H3,(H2,28,30)(H,33,34). The third-order valence-electron chi connectivity index (χ3n) is 11.3. The van der Waals surface area contributed by atoms with Crippen LogP contribution in [0.25, 0.3) is 0 Å². The predicted octanol–water partition coefficient (Wildman–Crippen LogP) is -1.05. The Bertz CT molecular complexity index is 1080. The van der Waals surface area contributed by atoms with E-state index in [1.165, 1.54) is 0 Å². The van der Waals surface area contributed by atoms with Crippen LogP contribution in [0.5, 0.6) is 0 Å². The molecular weight excluding hydrogens is 444 g/mol. The van der Waals surface area contributed by atoms with Gasteiger partial charge in [-0.2, -0.15) is 0 Å². The minimum Gasteiger partial charge on any atom is -0.545 e. The molecule has 5 aliphatic carbocycles. The molecule has 1 aliphatic heterocycles. The second-order valence-electron chi connectivity index (χ2n) is 12.0. The lowest BCUT2D eigenvalue weighted by Gasteiger charge is -2.68. The van der Waals surface area contributed by atoms with Crippen molar-refractivity contribution in [2.24, 2.45) is 44.7 Å². The fourth-order valence-electron chi connectivity index (χ4n) is 10.5. The van der Waals surface area contributed by atoms with Gasteiger partial charge in [-0.05, 0) is 51.0 Å². The summed E-state index contributed by atoms with van der Waals surface area (Å²) in [6.07, 6.45) is 10.6. The molecule has 8 heteroatoms. The van der Waals surface area contributed by atoms with Crippen molar-refractivity contribution in [1.82, 2.24) is 5.32 Å². The molecule has 2 spiro atoms. The van der Waals surface area contributed by atoms with E-state index in [1.54, 1.807) is 7.05 Å². The smallest absolute Gasteiger partial charge is 0.293 e. The summed E-state index contributed by atoms with van der Waals surface area (Å²) < 4.78 is 0. The summed E-state index contributed by atoms with van der Waals surface area (Å²) >= 11 is 0. The van der Waals surface area contributed by atoms with Gasteiger partial charge in [-0.3, -0.25) is 9.69 Å². The molecule has 8 nitrogen and oxygen atoms in total. The lowest BCUT2D eigenvalue weighted by atomic mass is 9.35. The van der Waals surface area contributed by atoms with E-state index < -0.39 is 22.9 Å². The molecule has 6 aliphatic rings. The maximum atomic E-state index is 13.7. The molecule has 0 aromatic rings. The Hall–Kier alpha value is -2.03. The second-order valence-corrected chi connectivity index (χ2v) is 12.0. The average Bonchev–Trinajstić information content (AvgIpc) is 3.18. The van der Waals surface area contributed by atoms with Crippen molar-refractivity contribution in [3.05, 3.63) is 23.3 Å². The number of carboxylic acids is 1. The Labute approximate surface area is 206 Å². The number of carboxylic acid groups (broad SMARTS) is 1. The number of ketones is 1. The number of allylic oxidation sites excluding steroid dienone is 1. The number of carbonyl (C=O) groups is 2. The highest BCUT2D eigenvalue weighted by Crippen LogP contribution is 2.83. The SMILES string of the molecule is CN=C(N)[NH+]1CCC2(CNC)C=CC3C4(O)C(=O)CCCCC5CCC6CC(=C4C(=O)[O-])C53C62C1. The van der Waals surface area contributed by atoms with Gasteiger partial charge in [0.2, 0.25) is 0 Å². The van der Waals surface area contributed by atoms with Crippen LogP contribution in [0.4, 0.5) is 0 Å². The van der Waals surface area contributed by atoms with Gasteiger partial charge in [0.25, 0.3) is 5.96 Å². The van der Waals surface area contributed by atoms with Crippen molar-refractivity contribution in [3.63, 3.8) is 0 Å². The number of Topliss-reactive ketones (excluding diaryl/α,β-unsaturated/α-hetero) is 1. The zero-order valence-corrected chi connectivity index (χ0v) is 20.9. The first-order valence-corrected chi connectivity index (χ1v) is 13.4. The first kappa shape index (κ1) is 23.4. The number of nitrogens with zero attached hydrogens (tertiary/aromatic N) is 1. The van der Waals surface area contributed by atoms with Crippen LogP contribution in [-0.4, -0.2) is 62.1 Å². The summed E-state index contributed by atoms with van der Waals surface area (Å²) in [4.78, 5) is 31.9. The quantitative estimate of drug-likeness (QED) is 0.231. The maximum absolute atomic E-state index is 13.7. The first-order chi connectivity index (χ1) is 16.7. The Kier molecular flexibility index (Phi) is 5.00. The van der Waals surface area contributed by atoms with Crippen LogP contribution in [0, 0.1) is 34.0 Å². The van der Waals surface area contributed by atoms with Crippen LogP contribution < -0.4 is 21.1 Å². The Morgan fingerprint density at radius 1 is 1.31 bits per heavy atom. The maximum Gasteiger partial charge on any atom is 0.293 e. The van der Waals surface area contributed by atoms with Crippen molar-refractivity contribution < 1.29 is 24.7 Å². The number of aliphatic hydroxyl groups is 1. The molecule has 8 unspecified atom stereocenters. The number of aliphatic carboxylic acids is 1. The Morgan fingerprint density at radius 3 is 2.80 bits per heavy atom. The van der Waals surface area contributed by atoms with E-state index in [1.807, 2.05) is 7.05 Å². The Balaban J connectivity index is 1.72. The molecule has 1 heterocycles. The number of piperidine rings is 1. The van der Waals surface area contributed by atoms with Gasteiger partial charge in [-0.15, -0.1) is 0 Å². The Morgan fingerprint density at radius 2 is 2.09 bits per heavy atom. The number of carbonyl (C=O) groups excluding carboxylic acids is 2. The molecular formula is C27H38N4O4. The fraction of sp³-hybridized carbons (Fsp3) is 0.741. The van der Waals surface area contributed by atoms with Crippen molar-refractivity contribution in [3.8, 4) is 0 Å². The van der Waals surface area contributed by atoms with Gasteiger partial charge >= 0.3 is 0 Å². The summed E-state index contributed by atoms with van der Waals surface area (Å²) in [6.45, 7) is 2.37. The van der Waals surface area contributed by atoms with E-state index in [2.05, 4.69) is 22.5 Å². The second kappa shape index (κ2) is 7.49. The summed E-state index contributed by atoms with van der Waals surface area (Å²) in [5.74, 6) is -1.22. The van der Waals surface area contributed by atoms with Crippen LogP contribution in [0.3, 0.4) is 0 Å². The highest BCUT2D eigenvalue weighted by atomic mass is 16.4. The number of nitrogens with two attached hydrogens (primary N) is 1. The molecule has 0 aromatic heterocycles. The molecule has 8 atom stereocenters. The van der Waals surface area contributed by atoms with Gasteiger partial charge in [0.05, 0.1) is 19.1 Å². The third-order valence-corrected chi connectivity index (χ3v) is 11.3. The van der Waals surface area contributed by atoms with Crippen molar-refractivity contribution in [2.45, 2.75) is 57.0 Å². The van der Waals surface area contributed by atoms with Crippen LogP contribution in [-0.2, 0) is 9.59 Å². The van der Waals surface area contributed by atoms with E-state index in [4.69, 9.17) is 5.73 Å². The number of hydrogen-bond donors (Lipinski definition) is 4. The molecule has 190 valence electrons. The molecule has 0 amide bonds. The van der Waals surface area contributed by atoms with Crippen molar-refractivity contribution >= 4 is 17.7 Å². The number of rotatable bonds is 3. The van der Waals surface area contributed by atoms with Gasteiger partial charge in [-0.1, -0.05) is 24.1 Å². The molecule has 3 saturated carbocycles. The summed E-state index contributed by atoms with van der Waals surface area (Å²) in [6, 6.07) is 0. The zero-order valence-electron chi connectivity index (χ0n) is 20.9. The largest absolute Gasteiger partial charge is 0.545 e. The van der Waals surface area contributed by atoms with E-state index in [9.17, 15) is 19.8 Å². The van der Waals surface area contributed by atoms with Crippen LogP contribution >= 0.6 is 0 Å². The van der Waals surface area contributed by atoms with Gasteiger partial charge < -0.3 is 26.1 Å². The summed E-state index contributed by atoms with van der Waals surface area (Å²) in [5.41, 5.74) is 4.04. The summed E-state index contributed by atoms with van der Waals surface area (Å²) in [5, 5.41) is 28.5. The molecule has 5 N–H and O–H groups in total. The molecule has 6 rings (SSSR count). The van der Waals surface area contributed by atoms with Crippen molar-refractivity contribution in [2.75, 3.05) is 33.7 Å². The molecule has 0 aromatic carbocycles. The highest BCUT2D eigenvalue weighted by molar-refractivity contribution is 6.04. The van der Waals surface area contributed by atoms with Gasteiger partial charge in [0, 0.05) is 54.2 Å². The number of quaternary nitrogens is 1. The van der Waals surface area contributed by atoms with E-state index >= 15 is 0 Å². The first-order valence-electron chi connectivity index (χ1n) is 13.4. The number of likely N-dealkylation sites (tertiary alicyclic amines) is 1. The van der Waals surface area contributed by atoms with Crippen LogP contribution in [0.15, 0.2) is 28.3 Å². The van der Waals surface area contributed by atoms with Gasteiger partial charge in [-0.25, -0.2) is 4.99 Å². The number of nitrogens with one attached hydrogen (secondary N) is 2. The predicted molar refractivity (Wildman–Crippen MR) is 128 cm³/mol. The minimum absolute atomic E-state index is 0.0997. The lowest BCUT2D eigenvalue weighted by Crippen LogP contribution is -3.19. The van der Waals surface area contributed by atoms with Crippen molar-refractivity contribution in [1.29, 1.82) is 0 Å². The summed E-state index contributed by atoms with van der Waals surface area (Å²) in [7, 11) is 3.71. The number of aliphatic imine (C=N–C) groups is 1. The third kappa shape index (κ3) is 2.42. The van der Waals surface area contributed by atoms with E-state index in [-0.39, 0.29) is 40.4 Å². The average molecular weight is 483 g/mol. The van der Waals surface area contributed by atoms with Crippen LogP contribution in [0.2, 0.25) is 0 Å². The normalized spacial score (nSPS) is 48.3. The van der Waals surface area contributed by atoms with Gasteiger partial charge in [0.15, 0.2) is 11.4 Å². The number of guanidine groups is 1. The molecule has 3 bridgehead atoms. The molecule has 4 fully saturated rings. The van der Waals surface area contributed by atoms with Crippen LogP contribution in [0.1, 0.15) is 51.4 Å². The van der Waals surface area contributed by atoms with E-state index in [0.29, 0.717) is 18.8 Å². The minimum atomic E-state index is -2.02. The molecule has 35 heavy (non-hydrogen) atoms. The molecule has 0 radical (unpaired) electrons. The topological polar surface area (TPSA) is 132 Å². The molecule has 1 saturated heterocycles. The van der Waals surface area contributed by atoms with Gasteiger partial charge in [0.1, 0.15) is 0 Å². The monoisotopic (exact) mass is 482 g/mol. The zero-order chi connectivity index (χ0) is 24.8. The lowest BCUT2D eigenvalue weighted by molar-refractivity contribution is -0.831. The number of hydrogen-bond acceptors (Lipinski definition) is 6.